The number of anilines is 1. The molecule has 98 valence electrons. The monoisotopic (exact) mass is 405 g/mol. The second-order valence-electron chi connectivity index (χ2n) is 3.68. The van der Waals surface area contributed by atoms with E-state index in [9.17, 15) is 9.18 Å². The van der Waals surface area contributed by atoms with Gasteiger partial charge in [-0.05, 0) is 62.2 Å². The van der Waals surface area contributed by atoms with E-state index in [0.717, 1.165) is 0 Å². The quantitative estimate of drug-likeness (QED) is 0.723. The minimum Gasteiger partial charge on any atom is -0.322 e. The molecule has 1 N–H and O–H groups in total. The van der Waals surface area contributed by atoms with E-state index in [2.05, 4.69) is 37.2 Å². The van der Waals surface area contributed by atoms with Gasteiger partial charge in [0.05, 0.1) is 15.1 Å². The van der Waals surface area contributed by atoms with Crippen LogP contribution in [0.5, 0.6) is 0 Å². The summed E-state index contributed by atoms with van der Waals surface area (Å²) in [7, 11) is 0. The standard InChI is InChI=1S/C13H7Br2ClFNO/c14-9-3-1-2-8(12(9)17)13(19)18-7-4-5-11(16)10(15)6-7/h1-6H,(H,18,19). The molecule has 6 heteroatoms. The van der Waals surface area contributed by atoms with E-state index in [1.54, 1.807) is 24.3 Å². The molecule has 0 fully saturated rings. The number of benzene rings is 2. The van der Waals surface area contributed by atoms with E-state index < -0.39 is 11.7 Å². The molecule has 0 aliphatic rings. The van der Waals surface area contributed by atoms with Crippen LogP contribution in [0.3, 0.4) is 0 Å². The highest BCUT2D eigenvalue weighted by Gasteiger charge is 2.14. The molecule has 2 aromatic carbocycles. The van der Waals surface area contributed by atoms with Gasteiger partial charge in [0, 0.05) is 10.2 Å². The molecular formula is C13H7Br2ClFNO. The van der Waals surface area contributed by atoms with E-state index in [0.29, 0.717) is 15.2 Å². The Kier molecular flexibility index (Phi) is 4.60. The first-order chi connectivity index (χ1) is 8.99. The van der Waals surface area contributed by atoms with E-state index in [-0.39, 0.29) is 10.0 Å². The molecule has 0 unspecified atom stereocenters. The Labute approximate surface area is 131 Å². The third kappa shape index (κ3) is 3.35. The summed E-state index contributed by atoms with van der Waals surface area (Å²) in [6.45, 7) is 0. The number of carbonyl (C=O) groups excluding carboxylic acids is 1. The van der Waals surface area contributed by atoms with Crippen molar-refractivity contribution in [2.45, 2.75) is 0 Å². The van der Waals surface area contributed by atoms with Crippen LogP contribution >= 0.6 is 43.5 Å². The summed E-state index contributed by atoms with van der Waals surface area (Å²) in [4.78, 5) is 12.0. The normalized spacial score (nSPS) is 10.3. The van der Waals surface area contributed by atoms with Crippen LogP contribution in [0.4, 0.5) is 10.1 Å². The molecule has 19 heavy (non-hydrogen) atoms. The first-order valence-corrected chi connectivity index (χ1v) is 7.16. The van der Waals surface area contributed by atoms with Crippen LogP contribution in [0.15, 0.2) is 45.3 Å². The average molecular weight is 407 g/mol. The fourth-order valence-electron chi connectivity index (χ4n) is 1.45. The van der Waals surface area contributed by atoms with Crippen LogP contribution in [0.1, 0.15) is 10.4 Å². The van der Waals surface area contributed by atoms with Gasteiger partial charge >= 0.3 is 0 Å². The van der Waals surface area contributed by atoms with Gasteiger partial charge in [-0.3, -0.25) is 4.79 Å². The van der Waals surface area contributed by atoms with Crippen molar-refractivity contribution in [1.29, 1.82) is 0 Å². The molecule has 0 aliphatic heterocycles. The zero-order valence-corrected chi connectivity index (χ0v) is 13.3. The minimum absolute atomic E-state index is 0.0274. The molecule has 0 heterocycles. The Morgan fingerprint density at radius 2 is 1.89 bits per heavy atom. The molecule has 1 amide bonds. The van der Waals surface area contributed by atoms with Crippen molar-refractivity contribution >= 4 is 55.1 Å². The zero-order valence-electron chi connectivity index (χ0n) is 9.38. The van der Waals surface area contributed by atoms with Crippen LogP contribution < -0.4 is 5.32 Å². The number of hydrogen-bond acceptors (Lipinski definition) is 1. The highest BCUT2D eigenvalue weighted by molar-refractivity contribution is 9.10. The van der Waals surface area contributed by atoms with Crippen molar-refractivity contribution in [1.82, 2.24) is 0 Å². The van der Waals surface area contributed by atoms with Gasteiger partial charge < -0.3 is 5.32 Å². The number of rotatable bonds is 2. The van der Waals surface area contributed by atoms with Gasteiger partial charge in [-0.15, -0.1) is 0 Å². The van der Waals surface area contributed by atoms with Crippen molar-refractivity contribution in [3.8, 4) is 0 Å². The molecule has 0 spiro atoms. The summed E-state index contributed by atoms with van der Waals surface area (Å²) in [5.74, 6) is -1.11. The van der Waals surface area contributed by atoms with Gasteiger partial charge in [-0.25, -0.2) is 4.39 Å². The lowest BCUT2D eigenvalue weighted by Crippen LogP contribution is -2.13. The molecule has 0 aromatic heterocycles. The minimum atomic E-state index is -0.590. The third-order valence-corrected chi connectivity index (χ3v) is 4.20. The largest absolute Gasteiger partial charge is 0.322 e. The first kappa shape index (κ1) is 14.5. The molecule has 0 saturated carbocycles. The predicted molar refractivity (Wildman–Crippen MR) is 81.2 cm³/mol. The maximum Gasteiger partial charge on any atom is 0.258 e. The van der Waals surface area contributed by atoms with Gasteiger partial charge in [-0.1, -0.05) is 17.7 Å². The summed E-state index contributed by atoms with van der Waals surface area (Å²) >= 11 is 12.1. The van der Waals surface area contributed by atoms with Gasteiger partial charge in [0.15, 0.2) is 0 Å². The van der Waals surface area contributed by atoms with Gasteiger partial charge in [-0.2, -0.15) is 0 Å². The lowest BCUT2D eigenvalue weighted by atomic mass is 10.2. The number of amides is 1. The topological polar surface area (TPSA) is 29.1 Å². The third-order valence-electron chi connectivity index (χ3n) is 2.37. The van der Waals surface area contributed by atoms with Gasteiger partial charge in [0.1, 0.15) is 5.82 Å². The Hall–Kier alpha value is -0.910. The number of halogens is 4. The summed E-state index contributed by atoms with van der Waals surface area (Å²) < 4.78 is 14.7. The zero-order chi connectivity index (χ0) is 14.0. The average Bonchev–Trinajstić information content (AvgIpc) is 2.37. The van der Waals surface area contributed by atoms with Crippen LogP contribution in [-0.2, 0) is 0 Å². The summed E-state index contributed by atoms with van der Waals surface area (Å²) in [5.41, 5.74) is 0.501. The molecule has 0 atom stereocenters. The van der Waals surface area contributed by atoms with Gasteiger partial charge in [0.2, 0.25) is 0 Å². The van der Waals surface area contributed by atoms with E-state index in [1.807, 2.05) is 0 Å². The number of nitrogens with one attached hydrogen (secondary N) is 1. The molecule has 2 nitrogen and oxygen atoms in total. The number of hydrogen-bond donors (Lipinski definition) is 1. The molecule has 0 bridgehead atoms. The van der Waals surface area contributed by atoms with E-state index in [4.69, 9.17) is 11.6 Å². The van der Waals surface area contributed by atoms with Crippen molar-refractivity contribution in [2.24, 2.45) is 0 Å². The fourth-order valence-corrected chi connectivity index (χ4v) is 2.31. The maximum atomic E-state index is 13.8. The predicted octanol–water partition coefficient (Wildman–Crippen LogP) is 5.26. The Morgan fingerprint density at radius 3 is 2.58 bits per heavy atom. The second kappa shape index (κ2) is 6.03. The Morgan fingerprint density at radius 1 is 1.16 bits per heavy atom. The molecule has 0 radical (unpaired) electrons. The van der Waals surface area contributed by atoms with Crippen LogP contribution in [0.25, 0.3) is 0 Å². The number of carbonyl (C=O) groups is 1. The second-order valence-corrected chi connectivity index (χ2v) is 5.80. The fraction of sp³-hybridized carbons (Fsp3) is 0. The van der Waals surface area contributed by atoms with Crippen molar-refractivity contribution in [3.63, 3.8) is 0 Å². The molecular weight excluding hydrogens is 400 g/mol. The van der Waals surface area contributed by atoms with Gasteiger partial charge in [0.25, 0.3) is 5.91 Å². The van der Waals surface area contributed by atoms with Crippen molar-refractivity contribution in [3.05, 3.63) is 61.7 Å². The highest BCUT2D eigenvalue weighted by Crippen LogP contribution is 2.26. The van der Waals surface area contributed by atoms with Crippen molar-refractivity contribution < 1.29 is 9.18 Å². The molecule has 2 aromatic rings. The van der Waals surface area contributed by atoms with E-state index in [1.165, 1.54) is 12.1 Å². The summed E-state index contributed by atoms with van der Waals surface area (Å²) in [5, 5.41) is 3.14. The molecule has 2 rings (SSSR count). The van der Waals surface area contributed by atoms with Crippen LogP contribution in [-0.4, -0.2) is 5.91 Å². The summed E-state index contributed by atoms with van der Waals surface area (Å²) in [6.07, 6.45) is 0. The Balaban J connectivity index is 2.26. The SMILES string of the molecule is O=C(Nc1ccc(Cl)c(Br)c1)c1cccc(Br)c1F. The maximum absolute atomic E-state index is 13.8. The molecule has 0 aliphatic carbocycles. The smallest absolute Gasteiger partial charge is 0.258 e. The highest BCUT2D eigenvalue weighted by atomic mass is 79.9. The van der Waals surface area contributed by atoms with E-state index >= 15 is 0 Å². The van der Waals surface area contributed by atoms with Crippen molar-refractivity contribution in [2.75, 3.05) is 5.32 Å². The first-order valence-electron chi connectivity index (χ1n) is 5.19. The summed E-state index contributed by atoms with van der Waals surface area (Å²) in [6, 6.07) is 9.47. The molecule has 0 saturated heterocycles. The lowest BCUT2D eigenvalue weighted by molar-refractivity contribution is 0.102. The Bertz CT molecular complexity index is 649. The van der Waals surface area contributed by atoms with Crippen LogP contribution in [0, 0.1) is 5.82 Å². The van der Waals surface area contributed by atoms with Crippen LogP contribution in [0.2, 0.25) is 5.02 Å². The lowest BCUT2D eigenvalue weighted by Gasteiger charge is -2.08.